The topological polar surface area (TPSA) is 107 Å². The first-order chi connectivity index (χ1) is 25.7. The van der Waals surface area contributed by atoms with Crippen molar-refractivity contribution in [2.45, 2.75) is 0 Å². The van der Waals surface area contributed by atoms with Crippen LogP contribution in [-0.2, 0) is 0 Å². The molecule has 0 spiro atoms. The molecule has 0 amide bonds. The predicted molar refractivity (Wildman–Crippen MR) is 199 cm³/mol. The van der Waals surface area contributed by atoms with Crippen LogP contribution < -0.4 is 9.47 Å². The highest BCUT2D eigenvalue weighted by Crippen LogP contribution is 2.51. The van der Waals surface area contributed by atoms with Gasteiger partial charge in [0.1, 0.15) is 6.07 Å². The maximum atomic E-state index is 9.92. The fourth-order valence-corrected chi connectivity index (χ4v) is 6.22. The Hall–Kier alpha value is -7.50. The Balaban J connectivity index is 1.29. The first-order valence-corrected chi connectivity index (χ1v) is 16.6. The van der Waals surface area contributed by atoms with E-state index in [0.29, 0.717) is 51.6 Å². The van der Waals surface area contributed by atoms with Crippen LogP contribution in [0.4, 0.5) is 0 Å². The molecule has 6 aromatic carbocycles. The van der Waals surface area contributed by atoms with Crippen LogP contribution in [0.1, 0.15) is 5.82 Å². The molecule has 0 atom stereocenters. The first-order valence-electron chi connectivity index (χ1n) is 16.6. The van der Waals surface area contributed by atoms with Crippen LogP contribution >= 0.6 is 0 Å². The Morgan fingerprint density at radius 3 is 1.58 bits per heavy atom. The number of ether oxygens (including phenoxy) is 2. The molecule has 0 fully saturated rings. The van der Waals surface area contributed by atoms with E-state index >= 15 is 0 Å². The van der Waals surface area contributed by atoms with E-state index in [0.717, 1.165) is 39.2 Å². The average molecular weight is 671 g/mol. The normalized spacial score (nSPS) is 11.4. The van der Waals surface area contributed by atoms with Crippen molar-refractivity contribution in [3.05, 3.63) is 164 Å². The highest BCUT2D eigenvalue weighted by atomic mass is 16.6. The second-order valence-electron chi connectivity index (χ2n) is 12.0. The minimum atomic E-state index is 0.0181. The van der Waals surface area contributed by atoms with Crippen LogP contribution in [0.3, 0.4) is 0 Å². The van der Waals surface area contributed by atoms with Gasteiger partial charge in [-0.25, -0.2) is 15.0 Å². The molecule has 52 heavy (non-hydrogen) atoms. The summed E-state index contributed by atoms with van der Waals surface area (Å²) in [5.74, 6) is 3.71. The number of hydrogen-bond donors (Lipinski definition) is 0. The molecular formula is C44H26N6O2. The van der Waals surface area contributed by atoms with Gasteiger partial charge in [-0.05, 0) is 35.9 Å². The van der Waals surface area contributed by atoms with Crippen molar-refractivity contribution in [1.82, 2.24) is 24.9 Å². The SMILES string of the molecule is N#Cc1nc(-c2ccccc2)nc(-c2ccc(-c3cccc4c3Oc3ccccc3O4)c(-c3nc(-c4ccccc4)cc(-c4ccccc4)n3)c2)n1. The van der Waals surface area contributed by atoms with E-state index < -0.39 is 0 Å². The molecule has 0 unspecified atom stereocenters. The average Bonchev–Trinajstić information content (AvgIpc) is 3.23. The summed E-state index contributed by atoms with van der Waals surface area (Å²) in [6.45, 7) is 0. The van der Waals surface area contributed by atoms with Crippen molar-refractivity contribution in [2.75, 3.05) is 0 Å². The fraction of sp³-hybridized carbons (Fsp3) is 0. The molecule has 1 aliphatic heterocycles. The van der Waals surface area contributed by atoms with Gasteiger partial charge in [0, 0.05) is 33.4 Å². The van der Waals surface area contributed by atoms with E-state index in [2.05, 4.69) is 16.0 Å². The smallest absolute Gasteiger partial charge is 0.236 e. The van der Waals surface area contributed by atoms with E-state index in [4.69, 9.17) is 24.4 Å². The van der Waals surface area contributed by atoms with Gasteiger partial charge in [-0.1, -0.05) is 127 Å². The molecule has 8 heteroatoms. The van der Waals surface area contributed by atoms with Crippen molar-refractivity contribution in [3.8, 4) is 96.9 Å². The van der Waals surface area contributed by atoms with Gasteiger partial charge < -0.3 is 9.47 Å². The minimum absolute atomic E-state index is 0.0181. The second-order valence-corrected chi connectivity index (χ2v) is 12.0. The predicted octanol–water partition coefficient (Wildman–Crippen LogP) is 10.4. The fourth-order valence-electron chi connectivity index (χ4n) is 6.22. The monoisotopic (exact) mass is 670 g/mol. The van der Waals surface area contributed by atoms with E-state index in [-0.39, 0.29) is 5.82 Å². The molecule has 0 aliphatic carbocycles. The molecule has 3 heterocycles. The molecule has 9 rings (SSSR count). The summed E-state index contributed by atoms with van der Waals surface area (Å²) in [5.41, 5.74) is 7.20. The van der Waals surface area contributed by atoms with Gasteiger partial charge in [0.15, 0.2) is 40.5 Å². The molecule has 2 aromatic heterocycles. The summed E-state index contributed by atoms with van der Waals surface area (Å²) in [4.78, 5) is 24.1. The van der Waals surface area contributed by atoms with Gasteiger partial charge in [-0.3, -0.25) is 0 Å². The summed E-state index contributed by atoms with van der Waals surface area (Å²) >= 11 is 0. The van der Waals surface area contributed by atoms with E-state index in [1.165, 1.54) is 0 Å². The number of fused-ring (bicyclic) bond motifs is 2. The molecule has 8 aromatic rings. The van der Waals surface area contributed by atoms with Crippen LogP contribution in [0.15, 0.2) is 158 Å². The molecule has 0 bridgehead atoms. The van der Waals surface area contributed by atoms with Crippen molar-refractivity contribution >= 4 is 0 Å². The zero-order valence-electron chi connectivity index (χ0n) is 27.5. The maximum Gasteiger partial charge on any atom is 0.236 e. The van der Waals surface area contributed by atoms with Gasteiger partial charge >= 0.3 is 0 Å². The van der Waals surface area contributed by atoms with Crippen molar-refractivity contribution in [3.63, 3.8) is 0 Å². The lowest BCUT2D eigenvalue weighted by Gasteiger charge is -2.23. The number of hydrogen-bond acceptors (Lipinski definition) is 8. The maximum absolute atomic E-state index is 9.92. The lowest BCUT2D eigenvalue weighted by atomic mass is 9.95. The lowest BCUT2D eigenvalue weighted by molar-refractivity contribution is 0.361. The molecule has 0 saturated heterocycles. The van der Waals surface area contributed by atoms with Gasteiger partial charge in [0.05, 0.1) is 11.4 Å². The summed E-state index contributed by atoms with van der Waals surface area (Å²) in [7, 11) is 0. The minimum Gasteiger partial charge on any atom is -0.449 e. The number of benzene rings is 6. The molecule has 8 nitrogen and oxygen atoms in total. The Bertz CT molecular complexity index is 2580. The largest absolute Gasteiger partial charge is 0.449 e. The quantitative estimate of drug-likeness (QED) is 0.172. The first kappa shape index (κ1) is 30.6. The third kappa shape index (κ3) is 5.78. The molecule has 0 N–H and O–H groups in total. The van der Waals surface area contributed by atoms with Gasteiger partial charge in [-0.15, -0.1) is 0 Å². The molecule has 0 radical (unpaired) electrons. The molecule has 244 valence electrons. The van der Waals surface area contributed by atoms with Crippen molar-refractivity contribution in [2.24, 2.45) is 0 Å². The van der Waals surface area contributed by atoms with Crippen LogP contribution in [0, 0.1) is 11.3 Å². The Morgan fingerprint density at radius 2 is 0.942 bits per heavy atom. The van der Waals surface area contributed by atoms with E-state index in [1.807, 2.05) is 158 Å². The molecule has 1 aliphatic rings. The van der Waals surface area contributed by atoms with Gasteiger partial charge in [-0.2, -0.15) is 15.2 Å². The lowest BCUT2D eigenvalue weighted by Crippen LogP contribution is -2.03. The van der Waals surface area contributed by atoms with Gasteiger partial charge in [0.2, 0.25) is 5.82 Å². The Labute approximate surface area is 299 Å². The zero-order valence-corrected chi connectivity index (χ0v) is 27.5. The number of rotatable bonds is 6. The Morgan fingerprint density at radius 1 is 0.385 bits per heavy atom. The second kappa shape index (κ2) is 13.1. The van der Waals surface area contributed by atoms with Crippen LogP contribution in [0.2, 0.25) is 0 Å². The summed E-state index contributed by atoms with van der Waals surface area (Å²) in [6.07, 6.45) is 0. The highest BCUT2D eigenvalue weighted by molar-refractivity contribution is 5.89. The van der Waals surface area contributed by atoms with Crippen molar-refractivity contribution in [1.29, 1.82) is 5.26 Å². The van der Waals surface area contributed by atoms with Crippen LogP contribution in [0.5, 0.6) is 23.0 Å². The summed E-state index contributed by atoms with van der Waals surface area (Å²) in [5, 5.41) is 9.92. The third-order valence-corrected chi connectivity index (χ3v) is 8.70. The number of nitriles is 1. The number of para-hydroxylation sites is 3. The standard InChI is InChI=1S/C44H26N6O2/c45-27-40-48-42(30-17-8-3-9-18-30)50-43(49-40)31-23-24-32(33-19-12-22-39-41(33)52-38-21-11-10-20-37(38)51-39)34(25-31)44-46-35(28-13-4-1-5-14-28)26-36(47-44)29-15-6-2-7-16-29/h1-26H. The van der Waals surface area contributed by atoms with E-state index in [1.54, 1.807) is 0 Å². The van der Waals surface area contributed by atoms with Crippen molar-refractivity contribution < 1.29 is 9.47 Å². The summed E-state index contributed by atoms with van der Waals surface area (Å²) in [6, 6.07) is 53.1. The third-order valence-electron chi connectivity index (χ3n) is 8.70. The zero-order chi connectivity index (χ0) is 34.9. The van der Waals surface area contributed by atoms with Gasteiger partial charge in [0.25, 0.3) is 0 Å². The molecular weight excluding hydrogens is 645 g/mol. The summed E-state index contributed by atoms with van der Waals surface area (Å²) < 4.78 is 12.8. The number of aromatic nitrogens is 5. The number of nitrogens with zero attached hydrogens (tertiary/aromatic N) is 6. The van der Waals surface area contributed by atoms with E-state index in [9.17, 15) is 5.26 Å². The van der Waals surface area contributed by atoms with Crippen LogP contribution in [-0.4, -0.2) is 24.9 Å². The highest BCUT2D eigenvalue weighted by Gasteiger charge is 2.25. The van der Waals surface area contributed by atoms with Crippen LogP contribution in [0.25, 0.3) is 67.8 Å². The Kier molecular flexibility index (Phi) is 7.69. The molecule has 0 saturated carbocycles.